The van der Waals surface area contributed by atoms with Gasteiger partial charge < -0.3 is 15.0 Å². The SMILES string of the molecule is Cc1cc(NC(=O)c2csc(-c3ccc(N4CCOCC4)nc3)n2)ccc1F. The smallest absolute Gasteiger partial charge is 0.275 e. The monoisotopic (exact) mass is 398 g/mol. The molecule has 28 heavy (non-hydrogen) atoms. The highest BCUT2D eigenvalue weighted by atomic mass is 32.1. The Hall–Kier alpha value is -2.84. The third-order valence-corrected chi connectivity index (χ3v) is 5.37. The number of thiazole rings is 1. The van der Waals surface area contributed by atoms with E-state index in [0.29, 0.717) is 30.2 Å². The summed E-state index contributed by atoms with van der Waals surface area (Å²) in [5.74, 6) is 0.279. The molecule has 0 spiro atoms. The summed E-state index contributed by atoms with van der Waals surface area (Å²) >= 11 is 1.38. The Balaban J connectivity index is 1.46. The van der Waals surface area contributed by atoms with E-state index in [1.807, 2.05) is 12.1 Å². The lowest BCUT2D eigenvalue weighted by Gasteiger charge is -2.27. The molecule has 3 heterocycles. The van der Waals surface area contributed by atoms with Gasteiger partial charge in [-0.05, 0) is 42.8 Å². The summed E-state index contributed by atoms with van der Waals surface area (Å²) in [5, 5.41) is 5.18. The van der Waals surface area contributed by atoms with Gasteiger partial charge in [0.2, 0.25) is 0 Å². The molecule has 1 aliphatic heterocycles. The standard InChI is InChI=1S/C20H19FN4O2S/c1-13-10-15(3-4-16(13)21)23-19(26)17-12-28-20(24-17)14-2-5-18(22-11-14)25-6-8-27-9-7-25/h2-5,10-12H,6-9H2,1H3,(H,23,26). The van der Waals surface area contributed by atoms with Crippen LogP contribution in [-0.2, 0) is 4.74 Å². The van der Waals surface area contributed by atoms with Crippen molar-refractivity contribution in [2.75, 3.05) is 36.5 Å². The average Bonchev–Trinajstić information content (AvgIpc) is 3.22. The van der Waals surface area contributed by atoms with Crippen molar-refractivity contribution in [3.05, 3.63) is 59.0 Å². The highest BCUT2D eigenvalue weighted by molar-refractivity contribution is 7.13. The zero-order chi connectivity index (χ0) is 19.5. The molecule has 2 aromatic heterocycles. The molecule has 144 valence electrons. The van der Waals surface area contributed by atoms with Crippen LogP contribution in [-0.4, -0.2) is 42.2 Å². The zero-order valence-corrected chi connectivity index (χ0v) is 16.1. The van der Waals surface area contributed by atoms with E-state index in [4.69, 9.17) is 4.74 Å². The lowest BCUT2D eigenvalue weighted by atomic mass is 10.2. The lowest BCUT2D eigenvalue weighted by molar-refractivity contribution is 0.102. The van der Waals surface area contributed by atoms with Gasteiger partial charge in [-0.15, -0.1) is 11.3 Å². The number of morpholine rings is 1. The molecule has 0 atom stereocenters. The first-order valence-corrected chi connectivity index (χ1v) is 9.80. The van der Waals surface area contributed by atoms with Gasteiger partial charge in [-0.3, -0.25) is 4.79 Å². The molecule has 1 amide bonds. The van der Waals surface area contributed by atoms with Gasteiger partial charge in [0.25, 0.3) is 5.91 Å². The number of anilines is 2. The normalized spacial score (nSPS) is 14.1. The van der Waals surface area contributed by atoms with Gasteiger partial charge in [-0.25, -0.2) is 14.4 Å². The highest BCUT2D eigenvalue weighted by Crippen LogP contribution is 2.25. The molecule has 1 saturated heterocycles. The third kappa shape index (κ3) is 4.02. The van der Waals surface area contributed by atoms with Crippen LogP contribution in [0.25, 0.3) is 10.6 Å². The zero-order valence-electron chi connectivity index (χ0n) is 15.3. The van der Waals surface area contributed by atoms with Crippen LogP contribution in [0.1, 0.15) is 16.1 Å². The summed E-state index contributed by atoms with van der Waals surface area (Å²) in [6.07, 6.45) is 1.77. The largest absolute Gasteiger partial charge is 0.378 e. The van der Waals surface area contributed by atoms with E-state index in [1.54, 1.807) is 24.6 Å². The Morgan fingerprint density at radius 1 is 1.25 bits per heavy atom. The molecule has 1 N–H and O–H groups in total. The first-order chi connectivity index (χ1) is 13.6. The van der Waals surface area contributed by atoms with Crippen LogP contribution in [0, 0.1) is 12.7 Å². The first kappa shape index (κ1) is 18.5. The van der Waals surface area contributed by atoms with Gasteiger partial charge in [0.15, 0.2) is 0 Å². The Labute approximate surface area is 166 Å². The quantitative estimate of drug-likeness (QED) is 0.725. The summed E-state index contributed by atoms with van der Waals surface area (Å²) in [4.78, 5) is 23.5. The van der Waals surface area contributed by atoms with Crippen molar-refractivity contribution in [3.63, 3.8) is 0 Å². The molecule has 0 unspecified atom stereocenters. The topological polar surface area (TPSA) is 67.4 Å². The molecule has 1 fully saturated rings. The van der Waals surface area contributed by atoms with Crippen LogP contribution < -0.4 is 10.2 Å². The van der Waals surface area contributed by atoms with Crippen molar-refractivity contribution in [2.24, 2.45) is 0 Å². The molecule has 1 aromatic carbocycles. The molecule has 0 bridgehead atoms. The molecule has 0 radical (unpaired) electrons. The molecule has 3 aromatic rings. The fraction of sp³-hybridized carbons (Fsp3) is 0.250. The van der Waals surface area contributed by atoms with Crippen molar-refractivity contribution in [2.45, 2.75) is 6.92 Å². The molecule has 0 aliphatic carbocycles. The van der Waals surface area contributed by atoms with Crippen molar-refractivity contribution in [1.29, 1.82) is 0 Å². The first-order valence-electron chi connectivity index (χ1n) is 8.92. The summed E-state index contributed by atoms with van der Waals surface area (Å²) in [7, 11) is 0. The number of aryl methyl sites for hydroxylation is 1. The molecule has 1 aliphatic rings. The fourth-order valence-corrected chi connectivity index (χ4v) is 3.71. The number of hydrogen-bond donors (Lipinski definition) is 1. The number of benzene rings is 1. The molecule has 0 saturated carbocycles. The molecular formula is C20H19FN4O2S. The minimum Gasteiger partial charge on any atom is -0.378 e. The summed E-state index contributed by atoms with van der Waals surface area (Å²) < 4.78 is 18.7. The summed E-state index contributed by atoms with van der Waals surface area (Å²) in [6, 6.07) is 8.38. The second-order valence-corrected chi connectivity index (χ2v) is 7.32. The third-order valence-electron chi connectivity index (χ3n) is 4.48. The van der Waals surface area contributed by atoms with E-state index in [1.165, 1.54) is 23.5 Å². The van der Waals surface area contributed by atoms with Crippen LogP contribution in [0.5, 0.6) is 0 Å². The van der Waals surface area contributed by atoms with Crippen molar-refractivity contribution in [1.82, 2.24) is 9.97 Å². The lowest BCUT2D eigenvalue weighted by Crippen LogP contribution is -2.36. The predicted octanol–water partition coefficient (Wildman–Crippen LogP) is 3.74. The van der Waals surface area contributed by atoms with Crippen molar-refractivity contribution in [3.8, 4) is 10.6 Å². The summed E-state index contributed by atoms with van der Waals surface area (Å²) in [5.41, 5.74) is 2.19. The predicted molar refractivity (Wildman–Crippen MR) is 107 cm³/mol. The molecule has 6 nitrogen and oxygen atoms in total. The minimum absolute atomic E-state index is 0.304. The maximum absolute atomic E-state index is 13.4. The van der Waals surface area contributed by atoms with Crippen molar-refractivity contribution >= 4 is 28.7 Å². The van der Waals surface area contributed by atoms with Crippen LogP contribution in [0.4, 0.5) is 15.9 Å². The van der Waals surface area contributed by atoms with E-state index in [2.05, 4.69) is 20.2 Å². The van der Waals surface area contributed by atoms with Crippen LogP contribution >= 0.6 is 11.3 Å². The van der Waals surface area contributed by atoms with Gasteiger partial charge in [-0.1, -0.05) is 0 Å². The van der Waals surface area contributed by atoms with Crippen LogP contribution in [0.2, 0.25) is 0 Å². The Morgan fingerprint density at radius 2 is 2.07 bits per heavy atom. The summed E-state index contributed by atoms with van der Waals surface area (Å²) in [6.45, 7) is 4.73. The van der Waals surface area contributed by atoms with Gasteiger partial charge in [-0.2, -0.15) is 0 Å². The molecular weight excluding hydrogens is 379 g/mol. The van der Waals surface area contributed by atoms with Crippen LogP contribution in [0.3, 0.4) is 0 Å². The number of amides is 1. The number of carbonyl (C=O) groups excluding carboxylic acids is 1. The number of rotatable bonds is 4. The number of pyridine rings is 1. The maximum atomic E-state index is 13.4. The maximum Gasteiger partial charge on any atom is 0.275 e. The molecule has 4 rings (SSSR count). The Bertz CT molecular complexity index is 984. The number of halogens is 1. The van der Waals surface area contributed by atoms with Crippen LogP contribution in [0.15, 0.2) is 41.9 Å². The Kier molecular flexibility index (Phi) is 5.31. The number of nitrogens with zero attached hydrogens (tertiary/aromatic N) is 3. The number of carbonyl (C=O) groups is 1. The van der Waals surface area contributed by atoms with Crippen molar-refractivity contribution < 1.29 is 13.9 Å². The molecule has 8 heteroatoms. The number of hydrogen-bond acceptors (Lipinski definition) is 6. The van der Waals surface area contributed by atoms with E-state index >= 15 is 0 Å². The van der Waals surface area contributed by atoms with E-state index in [0.717, 1.165) is 29.5 Å². The Morgan fingerprint density at radius 3 is 2.79 bits per heavy atom. The van der Waals surface area contributed by atoms with Gasteiger partial charge in [0.1, 0.15) is 22.3 Å². The van der Waals surface area contributed by atoms with Gasteiger partial charge in [0, 0.05) is 35.9 Å². The number of nitrogens with one attached hydrogen (secondary N) is 1. The van der Waals surface area contributed by atoms with Gasteiger partial charge in [0.05, 0.1) is 13.2 Å². The van der Waals surface area contributed by atoms with E-state index in [-0.39, 0.29) is 11.7 Å². The minimum atomic E-state index is -0.327. The van der Waals surface area contributed by atoms with Gasteiger partial charge >= 0.3 is 0 Å². The number of ether oxygens (including phenoxy) is 1. The highest BCUT2D eigenvalue weighted by Gasteiger charge is 2.15. The average molecular weight is 398 g/mol. The van der Waals surface area contributed by atoms with E-state index < -0.39 is 0 Å². The van der Waals surface area contributed by atoms with E-state index in [9.17, 15) is 9.18 Å². The second kappa shape index (κ2) is 8.04. The fourth-order valence-electron chi connectivity index (χ4n) is 2.92. The number of aromatic nitrogens is 2. The second-order valence-electron chi connectivity index (χ2n) is 6.46.